The van der Waals surface area contributed by atoms with Gasteiger partial charge in [-0.3, -0.25) is 10.1 Å². The second-order valence-electron chi connectivity index (χ2n) is 3.90. The normalized spacial score (nSPS) is 10.2. The summed E-state index contributed by atoms with van der Waals surface area (Å²) in [5.74, 6) is 0.426. The summed E-state index contributed by atoms with van der Waals surface area (Å²) in [7, 11) is 0. The molecule has 0 bridgehead atoms. The van der Waals surface area contributed by atoms with Crippen LogP contribution in [0.15, 0.2) is 30.6 Å². The maximum atomic E-state index is 10.8. The van der Waals surface area contributed by atoms with Crippen molar-refractivity contribution in [1.29, 1.82) is 0 Å². The summed E-state index contributed by atoms with van der Waals surface area (Å²) < 4.78 is 0. The lowest BCUT2D eigenvalue weighted by molar-refractivity contribution is -0.385. The lowest BCUT2D eigenvalue weighted by Gasteiger charge is -2.07. The number of rotatable bonds is 4. The Morgan fingerprint density at radius 3 is 2.68 bits per heavy atom. The molecule has 6 nitrogen and oxygen atoms in total. The van der Waals surface area contributed by atoms with Gasteiger partial charge in [-0.2, -0.15) is 0 Å². The summed E-state index contributed by atoms with van der Waals surface area (Å²) in [4.78, 5) is 18.4. The molecule has 0 spiro atoms. The van der Waals surface area contributed by atoms with Crippen LogP contribution in [0.4, 0.5) is 11.6 Å². The molecule has 0 radical (unpaired) electrons. The molecule has 0 unspecified atom stereocenters. The summed E-state index contributed by atoms with van der Waals surface area (Å²) in [6, 6.07) is 4.97. The molecule has 7 heteroatoms. The van der Waals surface area contributed by atoms with Crippen molar-refractivity contribution in [3.05, 3.63) is 56.9 Å². The largest absolute Gasteiger partial charge is 0.350 e. The van der Waals surface area contributed by atoms with Crippen LogP contribution in [-0.2, 0) is 6.54 Å². The van der Waals surface area contributed by atoms with E-state index in [0.29, 0.717) is 23.1 Å². The lowest BCUT2D eigenvalue weighted by Crippen LogP contribution is -2.05. The fraction of sp³-hybridized carbons (Fsp3) is 0.167. The Morgan fingerprint density at radius 1 is 1.37 bits per heavy atom. The molecule has 0 amide bonds. The number of nitrogens with zero attached hydrogens (tertiary/aromatic N) is 3. The zero-order valence-electron chi connectivity index (χ0n) is 10.1. The summed E-state index contributed by atoms with van der Waals surface area (Å²) in [6.45, 7) is 2.13. The van der Waals surface area contributed by atoms with Gasteiger partial charge in [0.1, 0.15) is 0 Å². The average Bonchev–Trinajstić information content (AvgIpc) is 2.39. The molecule has 0 aliphatic rings. The molecule has 1 aromatic carbocycles. The first-order valence-electron chi connectivity index (χ1n) is 5.52. The van der Waals surface area contributed by atoms with E-state index in [1.807, 2.05) is 6.07 Å². The highest BCUT2D eigenvalue weighted by molar-refractivity contribution is 6.30. The maximum absolute atomic E-state index is 10.8. The van der Waals surface area contributed by atoms with Crippen molar-refractivity contribution in [1.82, 2.24) is 9.97 Å². The molecule has 0 atom stereocenters. The summed E-state index contributed by atoms with van der Waals surface area (Å²) >= 11 is 5.68. The van der Waals surface area contributed by atoms with Crippen molar-refractivity contribution in [3.8, 4) is 0 Å². The average molecular weight is 279 g/mol. The molecular weight excluding hydrogens is 268 g/mol. The van der Waals surface area contributed by atoms with Gasteiger partial charge < -0.3 is 5.32 Å². The van der Waals surface area contributed by atoms with Crippen LogP contribution in [0.25, 0.3) is 0 Å². The van der Waals surface area contributed by atoms with Crippen LogP contribution in [0.1, 0.15) is 11.1 Å². The third-order valence-electron chi connectivity index (χ3n) is 2.67. The van der Waals surface area contributed by atoms with E-state index in [9.17, 15) is 10.1 Å². The molecule has 0 aliphatic heterocycles. The SMILES string of the molecule is Cc1c(CNc2ncc(Cl)cn2)cccc1[N+](=O)[O-]. The van der Waals surface area contributed by atoms with E-state index in [1.54, 1.807) is 13.0 Å². The minimum absolute atomic E-state index is 0.108. The molecule has 0 aliphatic carbocycles. The van der Waals surface area contributed by atoms with Crippen LogP contribution in [-0.4, -0.2) is 14.9 Å². The minimum Gasteiger partial charge on any atom is -0.350 e. The van der Waals surface area contributed by atoms with E-state index in [0.717, 1.165) is 5.56 Å². The van der Waals surface area contributed by atoms with Crippen molar-refractivity contribution < 1.29 is 4.92 Å². The van der Waals surface area contributed by atoms with Gasteiger partial charge in [0.05, 0.1) is 22.3 Å². The van der Waals surface area contributed by atoms with E-state index < -0.39 is 4.92 Å². The molecule has 2 aromatic rings. The standard InChI is InChI=1S/C12H11ClN4O2/c1-8-9(3-2-4-11(8)17(18)19)5-14-12-15-6-10(13)7-16-12/h2-4,6-7H,5H2,1H3,(H,14,15,16). The molecule has 98 valence electrons. The summed E-state index contributed by atoms with van der Waals surface area (Å²) in [6.07, 6.45) is 2.97. The van der Waals surface area contributed by atoms with Gasteiger partial charge in [0.15, 0.2) is 0 Å². The first-order chi connectivity index (χ1) is 9.08. The van der Waals surface area contributed by atoms with Gasteiger partial charge in [-0.15, -0.1) is 0 Å². The van der Waals surface area contributed by atoms with Crippen LogP contribution >= 0.6 is 11.6 Å². The third kappa shape index (κ3) is 3.17. The Bertz CT molecular complexity index is 601. The van der Waals surface area contributed by atoms with Crippen molar-refractivity contribution in [3.63, 3.8) is 0 Å². The van der Waals surface area contributed by atoms with Gasteiger partial charge in [0.2, 0.25) is 5.95 Å². The number of aromatic nitrogens is 2. The second kappa shape index (κ2) is 5.62. The molecule has 19 heavy (non-hydrogen) atoms. The highest BCUT2D eigenvalue weighted by atomic mass is 35.5. The molecule has 0 saturated carbocycles. The number of hydrogen-bond donors (Lipinski definition) is 1. The maximum Gasteiger partial charge on any atom is 0.272 e. The van der Waals surface area contributed by atoms with Crippen molar-refractivity contribution in [2.75, 3.05) is 5.32 Å². The monoisotopic (exact) mass is 278 g/mol. The highest BCUT2D eigenvalue weighted by Crippen LogP contribution is 2.21. The predicted octanol–water partition coefficient (Wildman–Crippen LogP) is 2.96. The summed E-state index contributed by atoms with van der Waals surface area (Å²) in [5, 5.41) is 14.3. The number of nitro benzene ring substituents is 1. The number of benzene rings is 1. The molecule has 1 N–H and O–H groups in total. The molecular formula is C12H11ClN4O2. The van der Waals surface area contributed by atoms with Gasteiger partial charge in [-0.1, -0.05) is 23.7 Å². The number of anilines is 1. The first kappa shape index (κ1) is 13.2. The van der Waals surface area contributed by atoms with Crippen LogP contribution in [0.2, 0.25) is 5.02 Å². The Kier molecular flexibility index (Phi) is 3.91. The van der Waals surface area contributed by atoms with Gasteiger partial charge in [0, 0.05) is 18.2 Å². The molecule has 0 saturated heterocycles. The summed E-state index contributed by atoms with van der Waals surface area (Å²) in [5.41, 5.74) is 1.57. The minimum atomic E-state index is -0.391. The van der Waals surface area contributed by atoms with Crippen molar-refractivity contribution in [2.45, 2.75) is 13.5 Å². The van der Waals surface area contributed by atoms with Crippen LogP contribution in [0.5, 0.6) is 0 Å². The number of nitrogens with one attached hydrogen (secondary N) is 1. The highest BCUT2D eigenvalue weighted by Gasteiger charge is 2.12. The van der Waals surface area contributed by atoms with E-state index in [1.165, 1.54) is 18.5 Å². The zero-order chi connectivity index (χ0) is 13.8. The van der Waals surface area contributed by atoms with Gasteiger partial charge >= 0.3 is 0 Å². The van der Waals surface area contributed by atoms with E-state index >= 15 is 0 Å². The van der Waals surface area contributed by atoms with E-state index in [4.69, 9.17) is 11.6 Å². The Balaban J connectivity index is 2.13. The Labute approximate surface area is 114 Å². The topological polar surface area (TPSA) is 81.0 Å². The fourth-order valence-corrected chi connectivity index (χ4v) is 1.73. The molecule has 1 heterocycles. The van der Waals surface area contributed by atoms with Crippen molar-refractivity contribution >= 4 is 23.2 Å². The van der Waals surface area contributed by atoms with Gasteiger partial charge in [-0.25, -0.2) is 9.97 Å². The Morgan fingerprint density at radius 2 is 2.05 bits per heavy atom. The number of nitro groups is 1. The van der Waals surface area contributed by atoms with Crippen LogP contribution in [0, 0.1) is 17.0 Å². The molecule has 2 rings (SSSR count). The van der Waals surface area contributed by atoms with Gasteiger partial charge in [-0.05, 0) is 12.5 Å². The fourth-order valence-electron chi connectivity index (χ4n) is 1.64. The first-order valence-corrected chi connectivity index (χ1v) is 5.90. The quantitative estimate of drug-likeness (QED) is 0.687. The zero-order valence-corrected chi connectivity index (χ0v) is 10.9. The Hall–Kier alpha value is -2.21. The number of halogens is 1. The second-order valence-corrected chi connectivity index (χ2v) is 4.33. The third-order valence-corrected chi connectivity index (χ3v) is 2.87. The number of hydrogen-bond acceptors (Lipinski definition) is 5. The predicted molar refractivity (Wildman–Crippen MR) is 72.2 cm³/mol. The van der Waals surface area contributed by atoms with Crippen LogP contribution in [0.3, 0.4) is 0 Å². The van der Waals surface area contributed by atoms with E-state index in [-0.39, 0.29) is 5.69 Å². The lowest BCUT2D eigenvalue weighted by atomic mass is 10.1. The van der Waals surface area contributed by atoms with Gasteiger partial charge in [0.25, 0.3) is 5.69 Å². The van der Waals surface area contributed by atoms with E-state index in [2.05, 4.69) is 15.3 Å². The molecule has 0 fully saturated rings. The smallest absolute Gasteiger partial charge is 0.272 e. The molecule has 1 aromatic heterocycles. The van der Waals surface area contributed by atoms with Crippen molar-refractivity contribution in [2.24, 2.45) is 0 Å². The van der Waals surface area contributed by atoms with Crippen LogP contribution < -0.4 is 5.32 Å².